The summed E-state index contributed by atoms with van der Waals surface area (Å²) in [6, 6.07) is 9.16. The van der Waals surface area contributed by atoms with E-state index in [-0.39, 0.29) is 0 Å². The lowest BCUT2D eigenvalue weighted by atomic mass is 9.83. The summed E-state index contributed by atoms with van der Waals surface area (Å²) in [7, 11) is 0. The van der Waals surface area contributed by atoms with Crippen molar-refractivity contribution in [1.82, 2.24) is 0 Å². The number of fused-ring (bicyclic) bond motifs is 1. The maximum absolute atomic E-state index is 3.70. The van der Waals surface area contributed by atoms with Crippen molar-refractivity contribution in [2.45, 2.75) is 38.1 Å². The van der Waals surface area contributed by atoms with Gasteiger partial charge >= 0.3 is 0 Å². The molecule has 0 aromatic heterocycles. The summed E-state index contributed by atoms with van der Waals surface area (Å²) in [5.74, 6) is 0.870. The molecule has 2 N–H and O–H groups in total. The third-order valence-electron chi connectivity index (χ3n) is 4.00. The van der Waals surface area contributed by atoms with Gasteiger partial charge in [0.1, 0.15) is 0 Å². The third-order valence-corrected chi connectivity index (χ3v) is 4.00. The second kappa shape index (κ2) is 4.36. The Kier molecular flexibility index (Phi) is 2.73. The van der Waals surface area contributed by atoms with Crippen molar-refractivity contribution in [1.29, 1.82) is 0 Å². The lowest BCUT2D eigenvalue weighted by Gasteiger charge is -2.36. The predicted octanol–water partition coefficient (Wildman–Crippen LogP) is 3.47. The van der Waals surface area contributed by atoms with Crippen LogP contribution in [0.5, 0.6) is 0 Å². The van der Waals surface area contributed by atoms with E-state index in [0.29, 0.717) is 6.04 Å². The smallest absolute Gasteiger partial charge is 0.0578 e. The van der Waals surface area contributed by atoms with Crippen molar-refractivity contribution < 1.29 is 0 Å². The van der Waals surface area contributed by atoms with Crippen LogP contribution in [-0.2, 0) is 0 Å². The monoisotopic (exact) mass is 216 g/mol. The third kappa shape index (κ3) is 1.89. The molecule has 0 radical (unpaired) electrons. The summed E-state index contributed by atoms with van der Waals surface area (Å²) >= 11 is 0. The van der Waals surface area contributed by atoms with Crippen molar-refractivity contribution in [3.05, 3.63) is 24.3 Å². The van der Waals surface area contributed by atoms with E-state index in [1.807, 2.05) is 0 Å². The molecule has 1 saturated carbocycles. The minimum atomic E-state index is 0.634. The lowest BCUT2D eigenvalue weighted by Crippen LogP contribution is -2.39. The number of nitrogens with one attached hydrogen (secondary N) is 2. The van der Waals surface area contributed by atoms with Crippen LogP contribution >= 0.6 is 0 Å². The lowest BCUT2D eigenvalue weighted by molar-refractivity contribution is 0.322. The van der Waals surface area contributed by atoms with E-state index >= 15 is 0 Å². The van der Waals surface area contributed by atoms with E-state index in [1.54, 1.807) is 0 Å². The Bertz CT molecular complexity index is 356. The Morgan fingerprint density at radius 3 is 2.50 bits per heavy atom. The molecule has 0 bridgehead atoms. The van der Waals surface area contributed by atoms with E-state index in [4.69, 9.17) is 0 Å². The first-order valence-corrected chi connectivity index (χ1v) is 6.53. The van der Waals surface area contributed by atoms with E-state index in [1.165, 1.54) is 43.5 Å². The molecule has 16 heavy (non-hydrogen) atoms. The quantitative estimate of drug-likeness (QED) is 0.751. The maximum atomic E-state index is 3.70. The molecular weight excluding hydrogens is 196 g/mol. The molecule has 2 heteroatoms. The van der Waals surface area contributed by atoms with Gasteiger partial charge in [-0.15, -0.1) is 0 Å². The largest absolute Gasteiger partial charge is 0.381 e. The first-order chi connectivity index (χ1) is 7.93. The van der Waals surface area contributed by atoms with E-state index in [0.717, 1.165) is 12.5 Å². The Hall–Kier alpha value is -1.18. The van der Waals surface area contributed by atoms with Crippen LogP contribution in [0.4, 0.5) is 11.4 Å². The Balaban J connectivity index is 1.72. The van der Waals surface area contributed by atoms with Gasteiger partial charge in [0, 0.05) is 12.6 Å². The fourth-order valence-electron chi connectivity index (χ4n) is 3.05. The first-order valence-electron chi connectivity index (χ1n) is 6.53. The zero-order chi connectivity index (χ0) is 10.8. The maximum Gasteiger partial charge on any atom is 0.0578 e. The summed E-state index contributed by atoms with van der Waals surface area (Å²) in [6.07, 6.45) is 7.09. The molecule has 2 nitrogen and oxygen atoms in total. The molecule has 1 atom stereocenters. The van der Waals surface area contributed by atoms with Gasteiger partial charge in [-0.3, -0.25) is 0 Å². The van der Waals surface area contributed by atoms with Crippen molar-refractivity contribution in [3.63, 3.8) is 0 Å². The first kappa shape index (κ1) is 10.0. The molecular formula is C14H20N2. The SMILES string of the molecule is c1ccc2c(c1)NCC(C1CCCCC1)N2. The summed E-state index contributed by atoms with van der Waals surface area (Å²) in [4.78, 5) is 0. The fourth-order valence-corrected chi connectivity index (χ4v) is 3.05. The molecule has 3 rings (SSSR count). The van der Waals surface area contributed by atoms with Gasteiger partial charge < -0.3 is 10.6 Å². The molecule has 1 aliphatic heterocycles. The highest BCUT2D eigenvalue weighted by molar-refractivity contribution is 5.71. The van der Waals surface area contributed by atoms with Crippen LogP contribution in [0.25, 0.3) is 0 Å². The van der Waals surface area contributed by atoms with Gasteiger partial charge in [0.25, 0.3) is 0 Å². The molecule has 0 saturated heterocycles. The zero-order valence-corrected chi connectivity index (χ0v) is 9.71. The number of para-hydroxylation sites is 2. The number of hydrogen-bond acceptors (Lipinski definition) is 2. The molecule has 1 aliphatic carbocycles. The molecule has 2 aliphatic rings. The average Bonchev–Trinajstić information content (AvgIpc) is 2.39. The average molecular weight is 216 g/mol. The molecule has 86 valence electrons. The van der Waals surface area contributed by atoms with Crippen LogP contribution in [-0.4, -0.2) is 12.6 Å². The Morgan fingerprint density at radius 2 is 1.69 bits per heavy atom. The molecule has 1 fully saturated rings. The van der Waals surface area contributed by atoms with Gasteiger partial charge in [-0.05, 0) is 30.9 Å². The highest BCUT2D eigenvalue weighted by Gasteiger charge is 2.26. The molecule has 1 unspecified atom stereocenters. The van der Waals surface area contributed by atoms with Gasteiger partial charge in [-0.1, -0.05) is 31.4 Å². The number of rotatable bonds is 1. The van der Waals surface area contributed by atoms with E-state index in [9.17, 15) is 0 Å². The Labute approximate surface area is 97.4 Å². The van der Waals surface area contributed by atoms with Gasteiger partial charge in [0.2, 0.25) is 0 Å². The van der Waals surface area contributed by atoms with Gasteiger partial charge in [0.15, 0.2) is 0 Å². The van der Waals surface area contributed by atoms with E-state index < -0.39 is 0 Å². The molecule has 1 aromatic rings. The predicted molar refractivity (Wildman–Crippen MR) is 68.9 cm³/mol. The zero-order valence-electron chi connectivity index (χ0n) is 9.71. The number of benzene rings is 1. The van der Waals surface area contributed by atoms with Gasteiger partial charge in [-0.2, -0.15) is 0 Å². The van der Waals surface area contributed by atoms with Crippen molar-refractivity contribution >= 4 is 11.4 Å². The van der Waals surface area contributed by atoms with Crippen molar-refractivity contribution in [2.75, 3.05) is 17.2 Å². The molecule has 0 spiro atoms. The summed E-state index contributed by atoms with van der Waals surface area (Å²) in [6.45, 7) is 1.08. The van der Waals surface area contributed by atoms with Crippen LogP contribution in [0.1, 0.15) is 32.1 Å². The Morgan fingerprint density at radius 1 is 0.938 bits per heavy atom. The topological polar surface area (TPSA) is 24.1 Å². The van der Waals surface area contributed by atoms with Crippen molar-refractivity contribution in [3.8, 4) is 0 Å². The minimum absolute atomic E-state index is 0.634. The number of anilines is 2. The standard InChI is InChI=1S/C14H20N2/c1-2-6-11(7-3-1)14-10-15-12-8-4-5-9-13(12)16-14/h4-5,8-9,11,14-16H,1-3,6-7,10H2. The highest BCUT2D eigenvalue weighted by atomic mass is 15.1. The second-order valence-corrected chi connectivity index (χ2v) is 5.08. The minimum Gasteiger partial charge on any atom is -0.381 e. The van der Waals surface area contributed by atoms with Gasteiger partial charge in [0.05, 0.1) is 11.4 Å². The number of hydrogen-bond donors (Lipinski definition) is 2. The molecule has 1 aromatic carbocycles. The normalized spacial score (nSPS) is 25.4. The van der Waals surface area contributed by atoms with Crippen molar-refractivity contribution in [2.24, 2.45) is 5.92 Å². The highest BCUT2D eigenvalue weighted by Crippen LogP contribution is 2.33. The van der Waals surface area contributed by atoms with E-state index in [2.05, 4.69) is 34.9 Å². The summed E-state index contributed by atoms with van der Waals surface area (Å²) < 4.78 is 0. The van der Waals surface area contributed by atoms with Crippen LogP contribution in [0.2, 0.25) is 0 Å². The van der Waals surface area contributed by atoms with Crippen LogP contribution < -0.4 is 10.6 Å². The van der Waals surface area contributed by atoms with Crippen LogP contribution in [0.3, 0.4) is 0 Å². The summed E-state index contributed by atoms with van der Waals surface area (Å²) in [5.41, 5.74) is 2.54. The fraction of sp³-hybridized carbons (Fsp3) is 0.571. The molecule has 1 heterocycles. The second-order valence-electron chi connectivity index (χ2n) is 5.08. The van der Waals surface area contributed by atoms with Crippen LogP contribution in [0, 0.1) is 5.92 Å². The summed E-state index contributed by atoms with van der Waals surface area (Å²) in [5, 5.41) is 7.25. The van der Waals surface area contributed by atoms with Crippen LogP contribution in [0.15, 0.2) is 24.3 Å². The molecule has 0 amide bonds. The van der Waals surface area contributed by atoms with Gasteiger partial charge in [-0.25, -0.2) is 0 Å².